The van der Waals surface area contributed by atoms with Crippen LogP contribution in [0.3, 0.4) is 0 Å². The highest BCUT2D eigenvalue weighted by Gasteiger charge is 2.41. The maximum Gasteiger partial charge on any atom is 0.472 e. The largest absolute Gasteiger partial charge is 0.472 e. The number of halogens is 3. The van der Waals surface area contributed by atoms with Gasteiger partial charge in [0.15, 0.2) is 0 Å². The van der Waals surface area contributed by atoms with E-state index in [4.69, 9.17) is 0 Å². The highest BCUT2D eigenvalue weighted by atomic mass is 32.2. The number of alkyl halides is 3. The van der Waals surface area contributed by atoms with Crippen molar-refractivity contribution in [2.75, 3.05) is 0 Å². The van der Waals surface area contributed by atoms with Crippen LogP contribution in [0.1, 0.15) is 10.4 Å². The Bertz CT molecular complexity index is 1180. The molecule has 0 radical (unpaired) electrons. The van der Waals surface area contributed by atoms with E-state index in [0.717, 1.165) is 11.8 Å². The van der Waals surface area contributed by atoms with Gasteiger partial charge in [0.2, 0.25) is 0 Å². The first-order valence-corrected chi connectivity index (χ1v) is 8.47. The molecule has 2 aromatic carbocycles. The average molecular weight is 390 g/mol. The minimum absolute atomic E-state index is 0.111. The maximum absolute atomic E-state index is 13.0. The summed E-state index contributed by atoms with van der Waals surface area (Å²) in [5.74, 6) is -2.50. The number of para-hydroxylation sites is 1. The van der Waals surface area contributed by atoms with Crippen molar-refractivity contribution >= 4 is 56.7 Å². The van der Waals surface area contributed by atoms with Gasteiger partial charge in [-0.05, 0) is 41.6 Å². The van der Waals surface area contributed by atoms with Crippen LogP contribution in [0, 0.1) is 0 Å². The quantitative estimate of drug-likeness (QED) is 0.629. The zero-order valence-corrected chi connectivity index (χ0v) is 14.1. The van der Waals surface area contributed by atoms with E-state index in [9.17, 15) is 27.6 Å². The number of hydrogen-bond acceptors (Lipinski definition) is 4. The molecule has 2 heterocycles. The fourth-order valence-electron chi connectivity index (χ4n) is 3.00. The van der Waals surface area contributed by atoms with E-state index in [1.54, 1.807) is 24.3 Å². The summed E-state index contributed by atoms with van der Waals surface area (Å²) in [7, 11) is 0. The van der Waals surface area contributed by atoms with E-state index in [0.29, 0.717) is 20.9 Å². The summed E-state index contributed by atoms with van der Waals surface area (Å²) in [6, 6.07) is 10.7. The van der Waals surface area contributed by atoms with Gasteiger partial charge in [0, 0.05) is 10.8 Å². The molecule has 27 heavy (non-hydrogen) atoms. The first-order valence-electron chi connectivity index (χ1n) is 7.65. The third-order valence-electron chi connectivity index (χ3n) is 4.08. The van der Waals surface area contributed by atoms with E-state index in [1.807, 2.05) is 0 Å². The molecule has 1 fully saturated rings. The summed E-state index contributed by atoms with van der Waals surface area (Å²) >= 11 is 0.744. The lowest BCUT2D eigenvalue weighted by atomic mass is 10.1. The van der Waals surface area contributed by atoms with E-state index in [1.165, 1.54) is 24.3 Å². The van der Waals surface area contributed by atoms with E-state index < -0.39 is 23.2 Å². The van der Waals surface area contributed by atoms with Crippen LogP contribution in [-0.2, 0) is 4.79 Å². The van der Waals surface area contributed by atoms with Crippen LogP contribution in [0.4, 0.5) is 18.0 Å². The van der Waals surface area contributed by atoms with Gasteiger partial charge in [0.05, 0.1) is 15.9 Å². The summed E-state index contributed by atoms with van der Waals surface area (Å²) in [5.41, 5.74) is 0.778. The number of carbonyl (C=O) groups excluding carboxylic acids is 3. The van der Waals surface area contributed by atoms with E-state index in [2.05, 4.69) is 5.32 Å². The molecule has 3 aromatic rings. The molecular weight excluding hydrogens is 381 g/mol. The lowest BCUT2D eigenvalue weighted by molar-refractivity contribution is -0.115. The van der Waals surface area contributed by atoms with Gasteiger partial charge in [-0.15, -0.1) is 0 Å². The summed E-state index contributed by atoms with van der Waals surface area (Å²) in [6.45, 7) is 0. The van der Waals surface area contributed by atoms with Crippen molar-refractivity contribution in [1.82, 2.24) is 9.88 Å². The van der Waals surface area contributed by atoms with Gasteiger partial charge >= 0.3 is 12.1 Å². The predicted octanol–water partition coefficient (Wildman–Crippen LogP) is 4.32. The molecule has 2 amide bonds. The Hall–Kier alpha value is -3.07. The van der Waals surface area contributed by atoms with Crippen LogP contribution in [0.25, 0.3) is 27.9 Å². The molecule has 1 aliphatic rings. The van der Waals surface area contributed by atoms with Crippen molar-refractivity contribution in [3.63, 3.8) is 0 Å². The smallest absolute Gasteiger partial charge is 0.282 e. The number of nitrogens with zero attached hydrogens (tertiary/aromatic N) is 1. The van der Waals surface area contributed by atoms with Crippen LogP contribution < -0.4 is 5.32 Å². The normalized spacial score (nSPS) is 16.5. The Morgan fingerprint density at radius 2 is 1.74 bits per heavy atom. The molecule has 5 nitrogen and oxygen atoms in total. The molecule has 4 rings (SSSR count). The van der Waals surface area contributed by atoms with Gasteiger partial charge in [-0.1, -0.05) is 24.3 Å². The van der Waals surface area contributed by atoms with Gasteiger partial charge in [0.25, 0.3) is 11.1 Å². The third kappa shape index (κ3) is 2.89. The van der Waals surface area contributed by atoms with Crippen molar-refractivity contribution in [1.29, 1.82) is 0 Å². The molecule has 1 aliphatic heterocycles. The number of amides is 2. The Balaban J connectivity index is 1.94. The summed E-state index contributed by atoms with van der Waals surface area (Å²) in [6.07, 6.45) is -3.55. The SMILES string of the molecule is O=C1NC(=O)/C(=C\c2ccc3c(c2)c2ccccc2n3C(=O)C(F)(F)F)S1. The fraction of sp³-hybridized carbons (Fsp3) is 0.0556. The number of carbonyl (C=O) groups is 3. The molecule has 1 N–H and O–H groups in total. The van der Waals surface area contributed by atoms with Crippen molar-refractivity contribution in [2.45, 2.75) is 6.18 Å². The number of rotatable bonds is 1. The third-order valence-corrected chi connectivity index (χ3v) is 4.89. The summed E-state index contributed by atoms with van der Waals surface area (Å²) in [4.78, 5) is 35.0. The number of fused-ring (bicyclic) bond motifs is 3. The average Bonchev–Trinajstić information content (AvgIpc) is 3.10. The topological polar surface area (TPSA) is 68.2 Å². The van der Waals surface area contributed by atoms with Crippen molar-refractivity contribution in [2.24, 2.45) is 0 Å². The Labute approximate surface area is 153 Å². The molecule has 0 saturated carbocycles. The highest BCUT2D eigenvalue weighted by molar-refractivity contribution is 8.18. The van der Waals surface area contributed by atoms with Crippen LogP contribution in [0.5, 0.6) is 0 Å². The molecule has 136 valence electrons. The number of benzene rings is 2. The van der Waals surface area contributed by atoms with Crippen LogP contribution in [-0.4, -0.2) is 27.8 Å². The molecule has 0 unspecified atom stereocenters. The van der Waals surface area contributed by atoms with E-state index >= 15 is 0 Å². The predicted molar refractivity (Wildman–Crippen MR) is 95.2 cm³/mol. The standard InChI is InChI=1S/C18H9F3N2O3S/c19-18(20,21)16(25)23-12-4-2-1-3-10(12)11-7-9(5-6-13(11)23)8-14-15(24)22-17(26)27-14/h1-8H,(H,22,24,26)/b14-8+. The number of hydrogen-bond donors (Lipinski definition) is 1. The first kappa shape index (κ1) is 17.3. The molecule has 0 aliphatic carbocycles. The molecule has 0 spiro atoms. The van der Waals surface area contributed by atoms with Crippen LogP contribution >= 0.6 is 11.8 Å². The fourth-order valence-corrected chi connectivity index (χ4v) is 3.68. The van der Waals surface area contributed by atoms with Crippen molar-refractivity contribution in [3.8, 4) is 0 Å². The zero-order valence-electron chi connectivity index (χ0n) is 13.3. The molecule has 1 saturated heterocycles. The minimum Gasteiger partial charge on any atom is -0.282 e. The van der Waals surface area contributed by atoms with Gasteiger partial charge in [-0.25, -0.2) is 0 Å². The Morgan fingerprint density at radius 3 is 2.41 bits per heavy atom. The molecular formula is C18H9F3N2O3S. The van der Waals surface area contributed by atoms with E-state index in [-0.39, 0.29) is 15.9 Å². The second-order valence-electron chi connectivity index (χ2n) is 5.78. The van der Waals surface area contributed by atoms with Crippen LogP contribution in [0.15, 0.2) is 47.4 Å². The number of aromatic nitrogens is 1. The highest BCUT2D eigenvalue weighted by Crippen LogP contribution is 2.33. The minimum atomic E-state index is -5.02. The Kier molecular flexibility index (Phi) is 3.84. The van der Waals surface area contributed by atoms with Crippen molar-refractivity contribution in [3.05, 3.63) is 52.9 Å². The summed E-state index contributed by atoms with van der Waals surface area (Å²) < 4.78 is 39.8. The monoisotopic (exact) mass is 390 g/mol. The maximum atomic E-state index is 13.0. The second-order valence-corrected chi connectivity index (χ2v) is 6.80. The van der Waals surface area contributed by atoms with Crippen LogP contribution in [0.2, 0.25) is 0 Å². The van der Waals surface area contributed by atoms with Gasteiger partial charge in [-0.3, -0.25) is 24.3 Å². The number of nitrogens with one attached hydrogen (secondary N) is 1. The van der Waals surface area contributed by atoms with Gasteiger partial charge in [0.1, 0.15) is 0 Å². The summed E-state index contributed by atoms with van der Waals surface area (Å²) in [5, 5.41) is 2.56. The van der Waals surface area contributed by atoms with Gasteiger partial charge < -0.3 is 0 Å². The number of thioether (sulfide) groups is 1. The molecule has 0 bridgehead atoms. The molecule has 1 aromatic heterocycles. The number of imide groups is 1. The lowest BCUT2D eigenvalue weighted by Gasteiger charge is -2.08. The van der Waals surface area contributed by atoms with Crippen molar-refractivity contribution < 1.29 is 27.6 Å². The molecule has 9 heteroatoms. The first-order chi connectivity index (χ1) is 12.8. The van der Waals surface area contributed by atoms with Gasteiger partial charge in [-0.2, -0.15) is 13.2 Å². The Morgan fingerprint density at radius 1 is 1.04 bits per heavy atom. The zero-order chi connectivity index (χ0) is 19.3. The lowest BCUT2D eigenvalue weighted by Crippen LogP contribution is -2.28. The molecule has 0 atom stereocenters. The second kappa shape index (κ2) is 5.98.